The molecule has 1 N–H and O–H groups in total. The quantitative estimate of drug-likeness (QED) is 0.812. The number of benzene rings is 2. The topological polar surface area (TPSA) is 52.7 Å². The summed E-state index contributed by atoms with van der Waals surface area (Å²) in [5.41, 5.74) is 2.61. The van der Waals surface area contributed by atoms with Crippen LogP contribution in [0, 0.1) is 12.8 Å². The third kappa shape index (κ3) is 4.62. The minimum Gasteiger partial charge on any atom is -0.340 e. The van der Waals surface area contributed by atoms with Crippen molar-refractivity contribution in [2.24, 2.45) is 5.92 Å². The summed E-state index contributed by atoms with van der Waals surface area (Å²) in [5.74, 6) is 0.429. The Morgan fingerprint density at radius 1 is 1.03 bits per heavy atom. The molecule has 2 amide bonds. The maximum absolute atomic E-state index is 13.3. The Hall–Kier alpha value is -2.37. The van der Waals surface area contributed by atoms with Gasteiger partial charge in [-0.2, -0.15) is 0 Å². The van der Waals surface area contributed by atoms with Crippen LogP contribution in [0.1, 0.15) is 30.0 Å². The van der Waals surface area contributed by atoms with E-state index in [0.717, 1.165) is 24.0 Å². The van der Waals surface area contributed by atoms with Crippen LogP contribution in [0.4, 0.5) is 5.69 Å². The van der Waals surface area contributed by atoms with Crippen LogP contribution in [0.5, 0.6) is 0 Å². The molecule has 0 radical (unpaired) electrons. The zero-order chi connectivity index (χ0) is 20.4. The highest BCUT2D eigenvalue weighted by Crippen LogP contribution is 2.32. The molecule has 1 saturated carbocycles. The number of hydrogen-bond acceptors (Lipinski definition) is 3. The fourth-order valence-corrected chi connectivity index (χ4v) is 4.01. The van der Waals surface area contributed by atoms with E-state index in [0.29, 0.717) is 36.9 Å². The summed E-state index contributed by atoms with van der Waals surface area (Å²) in [5, 5.41) is 3.65. The van der Waals surface area contributed by atoms with Crippen LogP contribution in [0.25, 0.3) is 0 Å². The lowest BCUT2D eigenvalue weighted by molar-refractivity contribution is -0.135. The Labute approximate surface area is 176 Å². The molecule has 5 nitrogen and oxygen atoms in total. The summed E-state index contributed by atoms with van der Waals surface area (Å²) in [7, 11) is 0. The summed E-state index contributed by atoms with van der Waals surface area (Å²) in [4.78, 5) is 29.7. The fourth-order valence-electron chi connectivity index (χ4n) is 3.83. The molecule has 152 valence electrons. The van der Waals surface area contributed by atoms with Gasteiger partial charge in [-0.25, -0.2) is 0 Å². The largest absolute Gasteiger partial charge is 0.340 e. The van der Waals surface area contributed by atoms with Gasteiger partial charge in [-0.15, -0.1) is 0 Å². The van der Waals surface area contributed by atoms with Gasteiger partial charge in [0.2, 0.25) is 11.8 Å². The zero-order valence-corrected chi connectivity index (χ0v) is 17.4. The van der Waals surface area contributed by atoms with E-state index in [1.54, 1.807) is 6.07 Å². The third-order valence-electron chi connectivity index (χ3n) is 5.72. The predicted octanol–water partition coefficient (Wildman–Crippen LogP) is 3.88. The van der Waals surface area contributed by atoms with Crippen molar-refractivity contribution in [3.05, 3.63) is 64.7 Å². The Bertz CT molecular complexity index is 890. The molecular weight excluding hydrogens is 386 g/mol. The van der Waals surface area contributed by atoms with Crippen LogP contribution in [0.15, 0.2) is 48.5 Å². The standard InChI is InChI=1S/C23H26ClN3O2/c1-16-7-10-19(15-20(16)24)25-22(28)21(17-5-3-2-4-6-17)26-11-13-27(14-12-26)23(29)18-8-9-18/h2-7,10,15,18,21H,8-9,11-14H2,1H3,(H,25,28). The third-order valence-corrected chi connectivity index (χ3v) is 6.13. The first-order chi connectivity index (χ1) is 14.0. The number of carbonyl (C=O) groups is 2. The summed E-state index contributed by atoms with van der Waals surface area (Å²) in [6.45, 7) is 4.63. The molecule has 2 fully saturated rings. The number of hydrogen-bond donors (Lipinski definition) is 1. The van der Waals surface area contributed by atoms with E-state index in [2.05, 4.69) is 10.2 Å². The highest BCUT2D eigenvalue weighted by Gasteiger charge is 2.37. The molecule has 2 aliphatic rings. The highest BCUT2D eigenvalue weighted by atomic mass is 35.5. The van der Waals surface area contributed by atoms with Gasteiger partial charge < -0.3 is 10.2 Å². The first-order valence-electron chi connectivity index (χ1n) is 10.2. The van der Waals surface area contributed by atoms with Crippen molar-refractivity contribution >= 4 is 29.1 Å². The average Bonchev–Trinajstić information content (AvgIpc) is 3.57. The zero-order valence-electron chi connectivity index (χ0n) is 16.6. The predicted molar refractivity (Wildman–Crippen MR) is 115 cm³/mol. The minimum absolute atomic E-state index is 0.0851. The summed E-state index contributed by atoms with van der Waals surface area (Å²) in [6, 6.07) is 15.0. The summed E-state index contributed by atoms with van der Waals surface area (Å²) in [6.07, 6.45) is 2.04. The molecule has 0 bridgehead atoms. The minimum atomic E-state index is -0.408. The molecule has 1 aliphatic carbocycles. The maximum atomic E-state index is 13.3. The number of piperazine rings is 1. The van der Waals surface area contributed by atoms with Crippen LogP contribution in [-0.2, 0) is 9.59 Å². The molecule has 6 heteroatoms. The smallest absolute Gasteiger partial charge is 0.246 e. The van der Waals surface area contributed by atoms with E-state index in [9.17, 15) is 9.59 Å². The first kappa shape index (κ1) is 19.9. The molecule has 4 rings (SSSR count). The molecule has 29 heavy (non-hydrogen) atoms. The van der Waals surface area contributed by atoms with Crippen LogP contribution in [-0.4, -0.2) is 47.8 Å². The van der Waals surface area contributed by atoms with Crippen molar-refractivity contribution in [3.63, 3.8) is 0 Å². The van der Waals surface area contributed by atoms with Crippen LogP contribution in [0.3, 0.4) is 0 Å². The van der Waals surface area contributed by atoms with Gasteiger partial charge >= 0.3 is 0 Å². The Balaban J connectivity index is 1.50. The highest BCUT2D eigenvalue weighted by molar-refractivity contribution is 6.31. The van der Waals surface area contributed by atoms with Crippen LogP contribution < -0.4 is 5.32 Å². The van der Waals surface area contributed by atoms with E-state index in [-0.39, 0.29) is 17.7 Å². The van der Waals surface area contributed by atoms with Gasteiger partial charge in [0.15, 0.2) is 0 Å². The average molecular weight is 412 g/mol. The lowest BCUT2D eigenvalue weighted by Crippen LogP contribution is -2.52. The molecule has 2 aromatic rings. The van der Waals surface area contributed by atoms with Crippen molar-refractivity contribution in [2.75, 3.05) is 31.5 Å². The van der Waals surface area contributed by atoms with Gasteiger partial charge in [-0.1, -0.05) is 48.0 Å². The Kier molecular flexibility index (Phi) is 5.88. The number of nitrogens with zero attached hydrogens (tertiary/aromatic N) is 2. The van der Waals surface area contributed by atoms with Crippen LogP contribution >= 0.6 is 11.6 Å². The van der Waals surface area contributed by atoms with Crippen molar-refractivity contribution in [3.8, 4) is 0 Å². The number of nitrogens with one attached hydrogen (secondary N) is 1. The number of carbonyl (C=O) groups excluding carboxylic acids is 2. The van der Waals surface area contributed by atoms with E-state index in [1.807, 2.05) is 54.3 Å². The monoisotopic (exact) mass is 411 g/mol. The lowest BCUT2D eigenvalue weighted by atomic mass is 10.0. The summed E-state index contributed by atoms with van der Waals surface area (Å²) < 4.78 is 0. The summed E-state index contributed by atoms with van der Waals surface area (Å²) >= 11 is 6.22. The van der Waals surface area contributed by atoms with E-state index >= 15 is 0 Å². The lowest BCUT2D eigenvalue weighted by Gasteiger charge is -2.39. The van der Waals surface area contributed by atoms with E-state index in [1.165, 1.54) is 0 Å². The maximum Gasteiger partial charge on any atom is 0.246 e. The van der Waals surface area contributed by atoms with Crippen molar-refractivity contribution in [1.82, 2.24) is 9.80 Å². The van der Waals surface area contributed by atoms with E-state index < -0.39 is 6.04 Å². The fraction of sp³-hybridized carbons (Fsp3) is 0.391. The molecule has 1 saturated heterocycles. The van der Waals surface area contributed by atoms with Crippen molar-refractivity contribution in [2.45, 2.75) is 25.8 Å². The molecular formula is C23H26ClN3O2. The molecule has 0 spiro atoms. The second kappa shape index (κ2) is 8.56. The van der Waals surface area contributed by atoms with Gasteiger partial charge in [-0.05, 0) is 43.0 Å². The van der Waals surface area contributed by atoms with Gasteiger partial charge in [-0.3, -0.25) is 14.5 Å². The van der Waals surface area contributed by atoms with Gasteiger partial charge in [0.05, 0.1) is 0 Å². The molecule has 1 atom stereocenters. The second-order valence-electron chi connectivity index (χ2n) is 7.90. The van der Waals surface area contributed by atoms with Crippen molar-refractivity contribution < 1.29 is 9.59 Å². The number of rotatable bonds is 5. The van der Waals surface area contributed by atoms with E-state index in [4.69, 9.17) is 11.6 Å². The van der Waals surface area contributed by atoms with Crippen molar-refractivity contribution in [1.29, 1.82) is 0 Å². The normalized spacial score (nSPS) is 18.3. The van der Waals surface area contributed by atoms with Gasteiger partial charge in [0, 0.05) is 42.8 Å². The molecule has 1 heterocycles. The Morgan fingerprint density at radius 3 is 2.34 bits per heavy atom. The van der Waals surface area contributed by atoms with Crippen LogP contribution in [0.2, 0.25) is 5.02 Å². The SMILES string of the molecule is Cc1ccc(NC(=O)C(c2ccccc2)N2CCN(C(=O)C3CC3)CC2)cc1Cl. The number of halogens is 1. The second-order valence-corrected chi connectivity index (χ2v) is 8.31. The number of amides is 2. The van der Waals surface area contributed by atoms with Gasteiger partial charge in [0.25, 0.3) is 0 Å². The molecule has 1 aliphatic heterocycles. The number of anilines is 1. The van der Waals surface area contributed by atoms with Gasteiger partial charge in [0.1, 0.15) is 6.04 Å². The Morgan fingerprint density at radius 2 is 1.72 bits per heavy atom. The number of aryl methyl sites for hydroxylation is 1. The molecule has 2 aromatic carbocycles. The molecule has 0 aromatic heterocycles. The molecule has 1 unspecified atom stereocenters. The first-order valence-corrected chi connectivity index (χ1v) is 10.6.